The number of hydrogen-bond donors (Lipinski definition) is 0. The molecule has 3 heteroatoms. The number of furan rings is 1. The molecule has 1 spiro atoms. The van der Waals surface area contributed by atoms with Crippen LogP contribution in [0.25, 0.3) is 99.3 Å². The van der Waals surface area contributed by atoms with Gasteiger partial charge in [-0.2, -0.15) is 0 Å². The molecule has 9 aromatic carbocycles. The molecular formula is C51H28N2O. The van der Waals surface area contributed by atoms with Crippen LogP contribution in [-0.4, -0.2) is 9.97 Å². The van der Waals surface area contributed by atoms with E-state index in [0.29, 0.717) is 0 Å². The van der Waals surface area contributed by atoms with E-state index in [1.807, 2.05) is 30.3 Å². The summed E-state index contributed by atoms with van der Waals surface area (Å²) in [4.78, 5) is 10.6. The molecule has 248 valence electrons. The van der Waals surface area contributed by atoms with E-state index in [4.69, 9.17) is 14.4 Å². The van der Waals surface area contributed by atoms with Gasteiger partial charge in [0.2, 0.25) is 0 Å². The molecular weight excluding hydrogens is 657 g/mol. The summed E-state index contributed by atoms with van der Waals surface area (Å²) in [5, 5.41) is 7.15. The predicted molar refractivity (Wildman–Crippen MR) is 220 cm³/mol. The van der Waals surface area contributed by atoms with Gasteiger partial charge in [0.1, 0.15) is 16.9 Å². The van der Waals surface area contributed by atoms with Crippen molar-refractivity contribution < 1.29 is 4.42 Å². The van der Waals surface area contributed by atoms with Crippen molar-refractivity contribution in [1.82, 2.24) is 9.97 Å². The second-order valence-electron chi connectivity index (χ2n) is 14.7. The maximum absolute atomic E-state index is 7.60. The Hall–Kier alpha value is -7.10. The number of benzene rings is 9. The molecule has 54 heavy (non-hydrogen) atoms. The van der Waals surface area contributed by atoms with Crippen LogP contribution in [0, 0.1) is 0 Å². The molecule has 0 saturated heterocycles. The normalized spacial score (nSPS) is 13.7. The largest absolute Gasteiger partial charge is 0.455 e. The van der Waals surface area contributed by atoms with E-state index < -0.39 is 5.41 Å². The maximum Gasteiger partial charge on any atom is 0.145 e. The Kier molecular flexibility index (Phi) is 5.31. The molecule has 0 N–H and O–H groups in total. The van der Waals surface area contributed by atoms with Crippen molar-refractivity contribution in [2.45, 2.75) is 5.41 Å². The van der Waals surface area contributed by atoms with E-state index in [-0.39, 0.29) is 0 Å². The third-order valence-corrected chi connectivity index (χ3v) is 12.2. The van der Waals surface area contributed by atoms with Crippen LogP contribution in [0.5, 0.6) is 0 Å². The lowest BCUT2D eigenvalue weighted by Gasteiger charge is -2.30. The van der Waals surface area contributed by atoms with Crippen molar-refractivity contribution in [1.29, 1.82) is 0 Å². The Balaban J connectivity index is 1.25. The highest BCUT2D eigenvalue weighted by molar-refractivity contribution is 6.36. The topological polar surface area (TPSA) is 38.9 Å². The van der Waals surface area contributed by atoms with Crippen molar-refractivity contribution in [2.75, 3.05) is 0 Å². The second-order valence-corrected chi connectivity index (χ2v) is 14.7. The lowest BCUT2D eigenvalue weighted by atomic mass is 9.70. The van der Waals surface area contributed by atoms with E-state index in [9.17, 15) is 0 Å². The lowest BCUT2D eigenvalue weighted by Crippen LogP contribution is -2.26. The molecule has 2 aliphatic rings. The third kappa shape index (κ3) is 3.34. The van der Waals surface area contributed by atoms with Gasteiger partial charge in [-0.15, -0.1) is 0 Å². The summed E-state index contributed by atoms with van der Waals surface area (Å²) in [5.41, 5.74) is 16.8. The molecule has 0 unspecified atom stereocenters. The number of para-hydroxylation sites is 2. The number of hydrogen-bond acceptors (Lipinski definition) is 3. The smallest absolute Gasteiger partial charge is 0.145 e. The van der Waals surface area contributed by atoms with Crippen LogP contribution in [0.4, 0.5) is 0 Å². The van der Waals surface area contributed by atoms with Gasteiger partial charge in [-0.25, -0.2) is 9.97 Å². The van der Waals surface area contributed by atoms with E-state index >= 15 is 0 Å². The summed E-state index contributed by atoms with van der Waals surface area (Å²) in [6.07, 6.45) is 0. The standard InChI is InChI=1S/C51H28N2O/c1-2-14-29(15-3-1)47-48(53-43-25-13-12-24-42(43)52-47)36-27-26-35-30-16-4-5-17-31(30)37-28-38-34-20-8-11-23-41(34)51(46(38)50-45(37)44(35)49(36)54-50)39-21-9-6-18-32(39)33-19-7-10-22-40(33)51/h1-28H. The zero-order chi connectivity index (χ0) is 35.1. The average molecular weight is 685 g/mol. The summed E-state index contributed by atoms with van der Waals surface area (Å²) < 4.78 is 7.60. The minimum atomic E-state index is -0.541. The molecule has 0 saturated carbocycles. The fraction of sp³-hybridized carbons (Fsp3) is 0.0196. The molecule has 0 atom stereocenters. The fourth-order valence-electron chi connectivity index (χ4n) is 10.2. The van der Waals surface area contributed by atoms with E-state index in [2.05, 4.69) is 140 Å². The molecule has 13 rings (SSSR count). The Morgan fingerprint density at radius 2 is 0.889 bits per heavy atom. The summed E-state index contributed by atoms with van der Waals surface area (Å²) in [6, 6.07) is 61.3. The van der Waals surface area contributed by atoms with Gasteiger partial charge in [0, 0.05) is 27.5 Å². The van der Waals surface area contributed by atoms with Crippen LogP contribution in [0.1, 0.15) is 22.3 Å². The van der Waals surface area contributed by atoms with Gasteiger partial charge in [0.05, 0.1) is 22.1 Å². The lowest BCUT2D eigenvalue weighted by molar-refractivity contribution is 0.653. The van der Waals surface area contributed by atoms with Gasteiger partial charge in [0.25, 0.3) is 0 Å². The van der Waals surface area contributed by atoms with Crippen LogP contribution in [0.3, 0.4) is 0 Å². The first-order valence-corrected chi connectivity index (χ1v) is 18.6. The minimum Gasteiger partial charge on any atom is -0.455 e. The third-order valence-electron chi connectivity index (χ3n) is 12.2. The van der Waals surface area contributed by atoms with Gasteiger partial charge in [-0.1, -0.05) is 146 Å². The van der Waals surface area contributed by atoms with Crippen molar-refractivity contribution in [2.24, 2.45) is 0 Å². The molecule has 3 nitrogen and oxygen atoms in total. The van der Waals surface area contributed by atoms with Crippen LogP contribution in [0.15, 0.2) is 174 Å². The first kappa shape index (κ1) is 28.5. The molecule has 0 fully saturated rings. The van der Waals surface area contributed by atoms with Crippen molar-refractivity contribution in [3.63, 3.8) is 0 Å². The first-order valence-electron chi connectivity index (χ1n) is 18.6. The van der Waals surface area contributed by atoms with E-state index in [1.54, 1.807) is 0 Å². The van der Waals surface area contributed by atoms with Gasteiger partial charge in [-0.05, 0) is 84.8 Å². The minimum absolute atomic E-state index is 0.541. The van der Waals surface area contributed by atoms with Gasteiger partial charge in [-0.3, -0.25) is 0 Å². The molecule has 2 aromatic heterocycles. The SMILES string of the molecule is c1ccc(-c2nc3ccccc3nc2-c2ccc3c4ccccc4c4cc5c(c6oc2c3c64)C2(c3ccccc3-c3ccccc32)c2ccccc2-5)cc1. The summed E-state index contributed by atoms with van der Waals surface area (Å²) in [7, 11) is 0. The highest BCUT2D eigenvalue weighted by atomic mass is 16.3. The first-order chi connectivity index (χ1) is 26.8. The van der Waals surface area contributed by atoms with Crippen LogP contribution in [-0.2, 0) is 5.41 Å². The summed E-state index contributed by atoms with van der Waals surface area (Å²) >= 11 is 0. The maximum atomic E-state index is 7.60. The second kappa shape index (κ2) is 10.1. The molecule has 0 amide bonds. The Bertz CT molecular complexity index is 3350. The summed E-state index contributed by atoms with van der Waals surface area (Å²) in [5.74, 6) is 0. The van der Waals surface area contributed by atoms with E-state index in [1.165, 1.54) is 71.4 Å². The molecule has 0 radical (unpaired) electrons. The van der Waals surface area contributed by atoms with Gasteiger partial charge < -0.3 is 4.42 Å². The highest BCUT2D eigenvalue weighted by Gasteiger charge is 2.53. The van der Waals surface area contributed by atoms with Crippen molar-refractivity contribution in [3.8, 4) is 44.8 Å². The molecule has 2 aliphatic carbocycles. The zero-order valence-corrected chi connectivity index (χ0v) is 29.0. The van der Waals surface area contributed by atoms with Crippen molar-refractivity contribution in [3.05, 3.63) is 192 Å². The number of aromatic nitrogens is 2. The quantitative estimate of drug-likeness (QED) is 0.170. The molecule has 2 heterocycles. The summed E-state index contributed by atoms with van der Waals surface area (Å²) in [6.45, 7) is 0. The molecule has 0 aliphatic heterocycles. The monoisotopic (exact) mass is 684 g/mol. The number of rotatable bonds is 2. The van der Waals surface area contributed by atoms with Crippen LogP contribution < -0.4 is 0 Å². The predicted octanol–water partition coefficient (Wildman–Crippen LogP) is 13.0. The number of fused-ring (bicyclic) bond motifs is 15. The Labute approximate surface area is 310 Å². The van der Waals surface area contributed by atoms with E-state index in [0.717, 1.165) is 50.1 Å². The van der Waals surface area contributed by atoms with Crippen LogP contribution in [0.2, 0.25) is 0 Å². The van der Waals surface area contributed by atoms with Crippen LogP contribution >= 0.6 is 0 Å². The molecule has 11 aromatic rings. The van der Waals surface area contributed by atoms with Gasteiger partial charge in [0.15, 0.2) is 0 Å². The molecule has 0 bridgehead atoms. The average Bonchev–Trinajstić information content (AvgIpc) is 3.88. The Morgan fingerprint density at radius 1 is 0.370 bits per heavy atom. The van der Waals surface area contributed by atoms with Gasteiger partial charge >= 0.3 is 0 Å². The zero-order valence-electron chi connectivity index (χ0n) is 29.0. The van der Waals surface area contributed by atoms with Crippen molar-refractivity contribution >= 4 is 54.5 Å². The Morgan fingerprint density at radius 3 is 1.56 bits per heavy atom. The highest BCUT2D eigenvalue weighted by Crippen LogP contribution is 2.65. The fourth-order valence-corrected chi connectivity index (χ4v) is 10.2. The number of nitrogens with zero attached hydrogens (tertiary/aromatic N) is 2.